The van der Waals surface area contributed by atoms with E-state index >= 15 is 0 Å². The Morgan fingerprint density at radius 1 is 1.15 bits per heavy atom. The first-order chi connectivity index (χ1) is 9.47. The Kier molecular flexibility index (Phi) is 6.27. The molecule has 0 saturated carbocycles. The number of ether oxygens (including phenoxy) is 2. The molecular weight excluding hydrogens is 264 g/mol. The molecule has 0 aromatic rings. The molecule has 1 aliphatic heterocycles. The third kappa shape index (κ3) is 4.71. The quantitative estimate of drug-likeness (QED) is 0.703. The Bertz CT molecular complexity index is 354. The molecule has 2 amide bonds. The minimum Gasteiger partial charge on any atom is -0.468 e. The minimum atomic E-state index is -0.563. The average Bonchev–Trinajstić information content (AvgIpc) is 2.45. The second-order valence-electron chi connectivity index (χ2n) is 4.98. The van der Waals surface area contributed by atoms with Crippen LogP contribution in [0.3, 0.4) is 0 Å². The van der Waals surface area contributed by atoms with E-state index in [9.17, 15) is 14.4 Å². The molecule has 0 bridgehead atoms. The van der Waals surface area contributed by atoms with Crippen LogP contribution in [0.1, 0.15) is 19.8 Å². The summed E-state index contributed by atoms with van der Waals surface area (Å²) in [5, 5.41) is 0. The molecule has 7 heteroatoms. The number of nitrogens with zero attached hydrogens (tertiary/aromatic N) is 2. The van der Waals surface area contributed by atoms with Gasteiger partial charge in [-0.3, -0.25) is 9.59 Å². The van der Waals surface area contributed by atoms with Crippen LogP contribution in [-0.2, 0) is 19.1 Å². The highest BCUT2D eigenvalue weighted by molar-refractivity contribution is 5.85. The molecule has 20 heavy (non-hydrogen) atoms. The molecule has 0 N–H and O–H groups in total. The lowest BCUT2D eigenvalue weighted by Crippen LogP contribution is -2.50. The molecule has 0 spiro atoms. The number of hydrogen-bond donors (Lipinski definition) is 0. The van der Waals surface area contributed by atoms with Crippen LogP contribution in [0.2, 0.25) is 0 Å². The van der Waals surface area contributed by atoms with Gasteiger partial charge in [-0.25, -0.2) is 4.79 Å². The summed E-state index contributed by atoms with van der Waals surface area (Å²) in [6.45, 7) is 2.84. The van der Waals surface area contributed by atoms with Crippen LogP contribution in [-0.4, -0.2) is 68.2 Å². The summed E-state index contributed by atoms with van der Waals surface area (Å²) in [7, 11) is 2.48. The fourth-order valence-electron chi connectivity index (χ4n) is 2.20. The number of carbonyl (C=O) groups is 3. The monoisotopic (exact) mass is 286 g/mol. The topological polar surface area (TPSA) is 76.1 Å². The smallest absolute Gasteiger partial charge is 0.325 e. The molecule has 0 aromatic carbocycles. The van der Waals surface area contributed by atoms with Crippen LogP contribution in [0.5, 0.6) is 0 Å². The summed E-state index contributed by atoms with van der Waals surface area (Å²) >= 11 is 0. The molecule has 1 unspecified atom stereocenters. The first kappa shape index (κ1) is 16.3. The lowest BCUT2D eigenvalue weighted by Gasteiger charge is -2.34. The summed E-state index contributed by atoms with van der Waals surface area (Å²) in [6, 6.07) is -0.327. The number of piperidine rings is 1. The number of methoxy groups -OCH3 is 2. The molecule has 1 saturated heterocycles. The van der Waals surface area contributed by atoms with Gasteiger partial charge < -0.3 is 19.3 Å². The lowest BCUT2D eigenvalue weighted by molar-refractivity contribution is -0.144. The van der Waals surface area contributed by atoms with Gasteiger partial charge >= 0.3 is 18.0 Å². The van der Waals surface area contributed by atoms with Crippen molar-refractivity contribution in [1.29, 1.82) is 0 Å². The standard InChI is InChI=1S/C13H22N2O5/c1-10-5-4-6-14(7-10)13(18)15(8-11(16)19-2)9-12(17)20-3/h10H,4-9H2,1-3H3. The summed E-state index contributed by atoms with van der Waals surface area (Å²) in [4.78, 5) is 37.9. The van der Waals surface area contributed by atoms with E-state index in [-0.39, 0.29) is 19.1 Å². The largest absolute Gasteiger partial charge is 0.468 e. The third-order valence-electron chi connectivity index (χ3n) is 3.29. The molecule has 0 aliphatic carbocycles. The molecule has 7 nitrogen and oxygen atoms in total. The fourth-order valence-corrected chi connectivity index (χ4v) is 2.20. The SMILES string of the molecule is COC(=O)CN(CC(=O)OC)C(=O)N1CCCC(C)C1. The zero-order chi connectivity index (χ0) is 15.1. The van der Waals surface area contributed by atoms with E-state index in [0.29, 0.717) is 19.0 Å². The highest BCUT2D eigenvalue weighted by atomic mass is 16.5. The van der Waals surface area contributed by atoms with Crippen molar-refractivity contribution in [2.24, 2.45) is 5.92 Å². The van der Waals surface area contributed by atoms with Gasteiger partial charge in [-0.05, 0) is 18.8 Å². The van der Waals surface area contributed by atoms with Gasteiger partial charge in [-0.15, -0.1) is 0 Å². The molecule has 1 atom stereocenters. The maximum Gasteiger partial charge on any atom is 0.325 e. The molecular formula is C13H22N2O5. The normalized spacial score (nSPS) is 18.4. The predicted octanol–water partition coefficient (Wildman–Crippen LogP) is 0.486. The second-order valence-corrected chi connectivity index (χ2v) is 4.98. The van der Waals surface area contributed by atoms with Gasteiger partial charge in [-0.2, -0.15) is 0 Å². The Morgan fingerprint density at radius 3 is 2.15 bits per heavy atom. The van der Waals surface area contributed by atoms with E-state index < -0.39 is 11.9 Å². The van der Waals surface area contributed by atoms with Crippen LogP contribution < -0.4 is 0 Å². The first-order valence-electron chi connectivity index (χ1n) is 6.65. The minimum absolute atomic E-state index is 0.255. The number of likely N-dealkylation sites (tertiary alicyclic amines) is 1. The molecule has 0 radical (unpaired) electrons. The van der Waals surface area contributed by atoms with E-state index in [0.717, 1.165) is 17.7 Å². The molecule has 0 aromatic heterocycles. The van der Waals surface area contributed by atoms with Gasteiger partial charge in [0.25, 0.3) is 0 Å². The summed E-state index contributed by atoms with van der Waals surface area (Å²) < 4.78 is 9.10. The number of hydrogen-bond acceptors (Lipinski definition) is 5. The second kappa shape index (κ2) is 7.72. The number of rotatable bonds is 4. The van der Waals surface area contributed by atoms with E-state index in [1.807, 2.05) is 0 Å². The van der Waals surface area contributed by atoms with Crippen LogP contribution in [0.25, 0.3) is 0 Å². The highest BCUT2D eigenvalue weighted by Gasteiger charge is 2.28. The van der Waals surface area contributed by atoms with Crippen molar-refractivity contribution in [3.05, 3.63) is 0 Å². The first-order valence-corrected chi connectivity index (χ1v) is 6.65. The maximum absolute atomic E-state index is 12.4. The van der Waals surface area contributed by atoms with E-state index in [1.54, 1.807) is 4.90 Å². The molecule has 1 heterocycles. The van der Waals surface area contributed by atoms with Crippen molar-refractivity contribution < 1.29 is 23.9 Å². The lowest BCUT2D eigenvalue weighted by atomic mass is 10.0. The average molecular weight is 286 g/mol. The van der Waals surface area contributed by atoms with Crippen LogP contribution in [0.4, 0.5) is 4.79 Å². The summed E-state index contributed by atoms with van der Waals surface area (Å²) in [5.41, 5.74) is 0. The number of amides is 2. The number of carbonyl (C=O) groups excluding carboxylic acids is 3. The Hall–Kier alpha value is -1.79. The van der Waals surface area contributed by atoms with Crippen molar-refractivity contribution in [3.63, 3.8) is 0 Å². The summed E-state index contributed by atoms with van der Waals surface area (Å²) in [6.07, 6.45) is 2.01. The van der Waals surface area contributed by atoms with Gasteiger partial charge in [0.2, 0.25) is 0 Å². The maximum atomic E-state index is 12.4. The summed E-state index contributed by atoms with van der Waals surface area (Å²) in [5.74, 6) is -0.703. The Labute approximate surface area is 118 Å². The molecule has 114 valence electrons. The number of esters is 2. The van der Waals surface area contributed by atoms with Gasteiger partial charge in [0.05, 0.1) is 14.2 Å². The van der Waals surface area contributed by atoms with E-state index in [1.165, 1.54) is 14.2 Å². The third-order valence-corrected chi connectivity index (χ3v) is 3.29. The van der Waals surface area contributed by atoms with E-state index in [2.05, 4.69) is 16.4 Å². The zero-order valence-corrected chi connectivity index (χ0v) is 12.3. The Morgan fingerprint density at radius 2 is 1.70 bits per heavy atom. The Balaban J connectivity index is 2.71. The fraction of sp³-hybridized carbons (Fsp3) is 0.769. The molecule has 1 fully saturated rings. The van der Waals surface area contributed by atoms with E-state index in [4.69, 9.17) is 0 Å². The molecule has 1 aliphatic rings. The van der Waals surface area contributed by atoms with Gasteiger partial charge in [-0.1, -0.05) is 6.92 Å². The van der Waals surface area contributed by atoms with Crippen molar-refractivity contribution in [2.45, 2.75) is 19.8 Å². The number of urea groups is 1. The van der Waals surface area contributed by atoms with Crippen molar-refractivity contribution in [2.75, 3.05) is 40.4 Å². The van der Waals surface area contributed by atoms with Crippen molar-refractivity contribution >= 4 is 18.0 Å². The van der Waals surface area contributed by atoms with Crippen molar-refractivity contribution in [1.82, 2.24) is 9.80 Å². The van der Waals surface area contributed by atoms with Crippen LogP contribution in [0.15, 0.2) is 0 Å². The van der Waals surface area contributed by atoms with Crippen molar-refractivity contribution in [3.8, 4) is 0 Å². The zero-order valence-electron chi connectivity index (χ0n) is 12.3. The van der Waals surface area contributed by atoms with Gasteiger partial charge in [0.15, 0.2) is 0 Å². The highest BCUT2D eigenvalue weighted by Crippen LogP contribution is 2.17. The van der Waals surface area contributed by atoms with Gasteiger partial charge in [0, 0.05) is 13.1 Å². The van der Waals surface area contributed by atoms with Gasteiger partial charge in [0.1, 0.15) is 13.1 Å². The van der Waals surface area contributed by atoms with Crippen LogP contribution in [0, 0.1) is 5.92 Å². The molecule has 1 rings (SSSR count). The predicted molar refractivity (Wildman–Crippen MR) is 71.0 cm³/mol. The van der Waals surface area contributed by atoms with Crippen LogP contribution >= 0.6 is 0 Å².